The second-order valence-corrected chi connectivity index (χ2v) is 7.46. The number of ether oxygens (including phenoxy) is 3. The van der Waals surface area contributed by atoms with Crippen LogP contribution in [0.1, 0.15) is 51.9 Å². The smallest absolute Gasteiger partial charge is 0.424 e. The quantitative estimate of drug-likeness (QED) is 0.625. The van der Waals surface area contributed by atoms with Crippen molar-refractivity contribution in [1.82, 2.24) is 0 Å². The molecule has 1 rings (SSSR count). The van der Waals surface area contributed by atoms with Crippen molar-refractivity contribution in [3.8, 4) is 5.75 Å². The lowest BCUT2D eigenvalue weighted by Gasteiger charge is -2.29. The summed E-state index contributed by atoms with van der Waals surface area (Å²) in [4.78, 5) is 37.9. The molecule has 1 N–H and O–H groups in total. The average Bonchev–Trinajstić information content (AvgIpc) is 2.43. The number of hydrogen-bond acceptors (Lipinski definition) is 7. The first-order chi connectivity index (χ1) is 11.8. The van der Waals surface area contributed by atoms with Crippen molar-refractivity contribution in [3.63, 3.8) is 0 Å². The van der Waals surface area contributed by atoms with Gasteiger partial charge in [0.05, 0.1) is 12.8 Å². The number of amides is 2. The molecule has 0 aromatic heterocycles. The Morgan fingerprint density at radius 1 is 0.923 bits per heavy atom. The van der Waals surface area contributed by atoms with Crippen LogP contribution in [0.25, 0.3) is 0 Å². The molecule has 26 heavy (non-hydrogen) atoms. The van der Waals surface area contributed by atoms with Gasteiger partial charge in [-0.05, 0) is 53.7 Å². The number of nitrogens with zero attached hydrogens (tertiary/aromatic N) is 1. The van der Waals surface area contributed by atoms with Crippen LogP contribution in [0.4, 0.5) is 15.3 Å². The molecule has 1 aromatic carbocycles. The maximum Gasteiger partial charge on any atom is 0.424 e. The third kappa shape index (κ3) is 5.65. The topological polar surface area (TPSA) is 102 Å². The van der Waals surface area contributed by atoms with Crippen LogP contribution in [-0.2, 0) is 14.2 Å². The standard InChI is InChI=1S/C18H25NO7/c1-17(2,3)25-15(22)19(16(23)26-18(4,5)6)11-9-8-10-12(20)13(11)14(21)24-7/h8-10,20H,1-7H3. The lowest BCUT2D eigenvalue weighted by atomic mass is 10.1. The molecule has 0 saturated carbocycles. The van der Waals surface area contributed by atoms with Gasteiger partial charge in [0.25, 0.3) is 0 Å². The molecule has 0 heterocycles. The number of phenolic OH excluding ortho intramolecular Hbond substituents is 1. The monoisotopic (exact) mass is 367 g/mol. The van der Waals surface area contributed by atoms with E-state index >= 15 is 0 Å². The molecule has 8 heteroatoms. The minimum Gasteiger partial charge on any atom is -0.507 e. The number of imide groups is 1. The summed E-state index contributed by atoms with van der Waals surface area (Å²) < 4.78 is 15.1. The van der Waals surface area contributed by atoms with Gasteiger partial charge in [0.2, 0.25) is 0 Å². The molecule has 0 fully saturated rings. The first-order valence-electron chi connectivity index (χ1n) is 7.93. The van der Waals surface area contributed by atoms with Crippen LogP contribution in [0.2, 0.25) is 0 Å². The van der Waals surface area contributed by atoms with Gasteiger partial charge in [0, 0.05) is 0 Å². The maximum atomic E-state index is 12.6. The number of methoxy groups -OCH3 is 1. The summed E-state index contributed by atoms with van der Waals surface area (Å²) in [7, 11) is 1.11. The number of aromatic hydroxyl groups is 1. The molecule has 0 aliphatic heterocycles. The predicted molar refractivity (Wildman–Crippen MR) is 94.4 cm³/mol. The molecule has 0 unspecified atom stereocenters. The van der Waals surface area contributed by atoms with Gasteiger partial charge in [-0.25, -0.2) is 14.4 Å². The number of carbonyl (C=O) groups excluding carboxylic acids is 3. The normalized spacial score (nSPS) is 11.5. The minimum absolute atomic E-state index is 0.208. The van der Waals surface area contributed by atoms with Gasteiger partial charge >= 0.3 is 18.2 Å². The fourth-order valence-corrected chi connectivity index (χ4v) is 1.91. The molecule has 8 nitrogen and oxygen atoms in total. The van der Waals surface area contributed by atoms with Crippen molar-refractivity contribution < 1.29 is 33.7 Å². The number of phenols is 1. The van der Waals surface area contributed by atoms with Gasteiger partial charge in [0.15, 0.2) is 0 Å². The number of esters is 1. The lowest BCUT2D eigenvalue weighted by molar-refractivity contribution is 0.0430. The number of carbonyl (C=O) groups is 3. The van der Waals surface area contributed by atoms with Gasteiger partial charge in [-0.1, -0.05) is 6.07 Å². The van der Waals surface area contributed by atoms with Crippen LogP contribution >= 0.6 is 0 Å². The molecule has 0 spiro atoms. The average molecular weight is 367 g/mol. The van der Waals surface area contributed by atoms with Crippen LogP contribution in [0.3, 0.4) is 0 Å². The molecule has 1 aromatic rings. The van der Waals surface area contributed by atoms with Crippen molar-refractivity contribution >= 4 is 23.8 Å². The first-order valence-corrected chi connectivity index (χ1v) is 7.93. The number of anilines is 1. The largest absolute Gasteiger partial charge is 0.507 e. The Morgan fingerprint density at radius 3 is 1.77 bits per heavy atom. The van der Waals surface area contributed by atoms with E-state index in [1.165, 1.54) is 18.2 Å². The predicted octanol–water partition coefficient (Wildman–Crippen LogP) is 3.86. The summed E-state index contributed by atoms with van der Waals surface area (Å²) in [5.74, 6) is -1.37. The fraction of sp³-hybridized carbons (Fsp3) is 0.500. The zero-order chi connectivity index (χ0) is 20.3. The van der Waals surface area contributed by atoms with Gasteiger partial charge in [-0.15, -0.1) is 0 Å². The molecule has 0 aliphatic rings. The van der Waals surface area contributed by atoms with Crippen LogP contribution in [0.5, 0.6) is 5.75 Å². The van der Waals surface area contributed by atoms with Crippen LogP contribution in [0.15, 0.2) is 18.2 Å². The van der Waals surface area contributed by atoms with Crippen molar-refractivity contribution in [2.24, 2.45) is 0 Å². The number of hydrogen-bond donors (Lipinski definition) is 1. The van der Waals surface area contributed by atoms with Crippen molar-refractivity contribution in [3.05, 3.63) is 23.8 Å². The van der Waals surface area contributed by atoms with Crippen LogP contribution in [-0.4, -0.2) is 41.6 Å². The van der Waals surface area contributed by atoms with E-state index < -0.39 is 35.1 Å². The lowest BCUT2D eigenvalue weighted by Crippen LogP contribution is -2.44. The van der Waals surface area contributed by atoms with Crippen LogP contribution in [0, 0.1) is 0 Å². The molecule has 144 valence electrons. The molecule has 0 aliphatic carbocycles. The first kappa shape index (κ1) is 21.3. The van der Waals surface area contributed by atoms with E-state index in [0.29, 0.717) is 4.90 Å². The van der Waals surface area contributed by atoms with E-state index in [4.69, 9.17) is 9.47 Å². The highest BCUT2D eigenvalue weighted by Gasteiger charge is 2.36. The molecule has 0 radical (unpaired) electrons. The number of rotatable bonds is 2. The minimum atomic E-state index is -1.05. The third-order valence-corrected chi connectivity index (χ3v) is 2.80. The Hall–Kier alpha value is -2.77. The summed E-state index contributed by atoms with van der Waals surface area (Å²) in [6.07, 6.45) is -2.11. The summed E-state index contributed by atoms with van der Waals surface area (Å²) >= 11 is 0. The SMILES string of the molecule is COC(=O)c1c(O)cccc1N(C(=O)OC(C)(C)C)C(=O)OC(C)(C)C. The fourth-order valence-electron chi connectivity index (χ4n) is 1.91. The maximum absolute atomic E-state index is 12.6. The van der Waals surface area contributed by atoms with Crippen LogP contribution < -0.4 is 4.90 Å². The molecule has 0 bridgehead atoms. The second kappa shape index (κ2) is 7.63. The van der Waals surface area contributed by atoms with Crippen molar-refractivity contribution in [2.45, 2.75) is 52.7 Å². The molecule has 0 saturated heterocycles. The Labute approximate surface area is 152 Å². The highest BCUT2D eigenvalue weighted by molar-refractivity contribution is 6.14. The highest BCUT2D eigenvalue weighted by atomic mass is 16.6. The summed E-state index contributed by atoms with van der Waals surface area (Å²) in [5.41, 5.74) is -2.37. The number of benzene rings is 1. The third-order valence-electron chi connectivity index (χ3n) is 2.80. The zero-order valence-corrected chi connectivity index (χ0v) is 16.1. The Morgan fingerprint density at radius 2 is 1.38 bits per heavy atom. The van der Waals surface area contributed by atoms with E-state index in [9.17, 15) is 19.5 Å². The van der Waals surface area contributed by atoms with Crippen molar-refractivity contribution in [2.75, 3.05) is 12.0 Å². The Bertz CT molecular complexity index is 670. The highest BCUT2D eigenvalue weighted by Crippen LogP contribution is 2.31. The molecular formula is C18H25NO7. The van der Waals surface area contributed by atoms with E-state index in [1.807, 2.05) is 0 Å². The molecular weight excluding hydrogens is 342 g/mol. The Balaban J connectivity index is 3.51. The van der Waals surface area contributed by atoms with Gasteiger partial charge in [-0.2, -0.15) is 4.90 Å². The molecule has 0 atom stereocenters. The van der Waals surface area contributed by atoms with Gasteiger partial charge < -0.3 is 19.3 Å². The summed E-state index contributed by atoms with van der Waals surface area (Å²) in [6, 6.07) is 3.91. The Kier molecular flexibility index (Phi) is 6.25. The van der Waals surface area contributed by atoms with E-state index in [-0.39, 0.29) is 11.3 Å². The zero-order valence-electron chi connectivity index (χ0n) is 16.1. The van der Waals surface area contributed by atoms with Gasteiger partial charge in [0.1, 0.15) is 22.5 Å². The molecule has 2 amide bonds. The van der Waals surface area contributed by atoms with Gasteiger partial charge in [-0.3, -0.25) is 0 Å². The second-order valence-electron chi connectivity index (χ2n) is 7.46. The van der Waals surface area contributed by atoms with E-state index in [2.05, 4.69) is 4.74 Å². The van der Waals surface area contributed by atoms with E-state index in [1.54, 1.807) is 41.5 Å². The van der Waals surface area contributed by atoms with Crippen molar-refractivity contribution in [1.29, 1.82) is 0 Å². The van der Waals surface area contributed by atoms with E-state index in [0.717, 1.165) is 7.11 Å². The summed E-state index contributed by atoms with van der Waals surface area (Å²) in [6.45, 7) is 9.76. The summed E-state index contributed by atoms with van der Waals surface area (Å²) in [5, 5.41) is 10.0.